The molecule has 0 amide bonds. The molecule has 0 saturated carbocycles. The Kier molecular flexibility index (Phi) is 5.80. The minimum absolute atomic E-state index is 0.0132. The molecule has 0 bridgehead atoms. The van der Waals surface area contributed by atoms with Gasteiger partial charge in [0.05, 0.1) is 11.6 Å². The minimum Gasteiger partial charge on any atom is -0.336 e. The number of aromatic nitrogens is 2. The highest BCUT2D eigenvalue weighted by Crippen LogP contribution is 2.37. The molecule has 152 valence electrons. The van der Waals surface area contributed by atoms with E-state index >= 15 is 0 Å². The largest absolute Gasteiger partial charge is 0.336 e. The molecule has 0 saturated heterocycles. The summed E-state index contributed by atoms with van der Waals surface area (Å²) < 4.78 is 1.26. The average Bonchev–Trinajstić information content (AvgIpc) is 3.24. The van der Waals surface area contributed by atoms with E-state index in [4.69, 9.17) is 0 Å². The summed E-state index contributed by atoms with van der Waals surface area (Å²) in [5, 5.41) is 2.57. The fourth-order valence-electron chi connectivity index (χ4n) is 3.77. The van der Waals surface area contributed by atoms with Gasteiger partial charge in [0.1, 0.15) is 0 Å². The van der Waals surface area contributed by atoms with Crippen LogP contribution in [0.3, 0.4) is 0 Å². The predicted octanol–water partition coefficient (Wildman–Crippen LogP) is 5.08. The highest BCUT2D eigenvalue weighted by atomic mass is 16.2. The zero-order chi connectivity index (χ0) is 20.9. The third kappa shape index (κ3) is 4.06. The lowest BCUT2D eigenvalue weighted by molar-refractivity contribution is 0.0941. The maximum atomic E-state index is 13.3. The first-order valence-electron chi connectivity index (χ1n) is 10.3. The molecule has 1 aliphatic heterocycles. The molecular weight excluding hydrogens is 374 g/mol. The maximum Gasteiger partial charge on any atom is 0.278 e. The molecular formula is C25H25N3O2. The normalized spacial score (nSPS) is 16.2. The second-order valence-electron chi connectivity index (χ2n) is 7.40. The molecule has 0 aliphatic carbocycles. The first-order chi connectivity index (χ1) is 14.7. The van der Waals surface area contributed by atoms with Gasteiger partial charge in [0.15, 0.2) is 0 Å². The zero-order valence-electron chi connectivity index (χ0n) is 17.0. The van der Waals surface area contributed by atoms with E-state index in [2.05, 4.69) is 35.1 Å². The van der Waals surface area contributed by atoms with E-state index in [0.717, 1.165) is 36.1 Å². The van der Waals surface area contributed by atoms with Gasteiger partial charge in [0.25, 0.3) is 11.5 Å². The number of hydrogen-bond acceptors (Lipinski definition) is 3. The van der Waals surface area contributed by atoms with Crippen molar-refractivity contribution >= 4 is 11.6 Å². The first-order valence-corrected chi connectivity index (χ1v) is 10.3. The number of aromatic amines is 1. The van der Waals surface area contributed by atoms with Crippen LogP contribution in [-0.4, -0.2) is 15.7 Å². The topological polar surface area (TPSA) is 58.1 Å². The monoisotopic (exact) mass is 399 g/mol. The lowest BCUT2D eigenvalue weighted by Gasteiger charge is -2.34. The molecule has 4 rings (SSSR count). The molecule has 1 N–H and O–H groups in total. The Balaban J connectivity index is 1.82. The lowest BCUT2D eigenvalue weighted by atomic mass is 9.91. The van der Waals surface area contributed by atoms with Gasteiger partial charge in [-0.05, 0) is 36.1 Å². The van der Waals surface area contributed by atoms with Crippen LogP contribution < -0.4 is 10.5 Å². The summed E-state index contributed by atoms with van der Waals surface area (Å²) in [4.78, 5) is 27.0. The standard InChI is InChI=1S/C25H25N3O2/c1-2-3-10-20-17-23(19-11-6-4-7-12-19)27(21-13-8-5-9-14-21)18-22(20)25(30)28-16-15-24(29)26-28/h4-9,11-18,23H,2-3,10H2,1H3,(H,26,29). The number of unbranched alkanes of at least 4 members (excludes halogenated alkanes) is 1. The van der Waals surface area contributed by atoms with E-state index in [1.54, 1.807) is 0 Å². The second-order valence-corrected chi connectivity index (χ2v) is 7.40. The number of H-pyrrole nitrogens is 1. The SMILES string of the molecule is CCCCC1=CC(c2ccccc2)N(c2ccccc2)C=C1C(=O)n1ccc(=O)[nH]1. The molecule has 2 aromatic carbocycles. The molecule has 1 atom stereocenters. The summed E-state index contributed by atoms with van der Waals surface area (Å²) in [6.45, 7) is 2.14. The third-order valence-corrected chi connectivity index (χ3v) is 5.32. The maximum absolute atomic E-state index is 13.3. The summed E-state index contributed by atoms with van der Waals surface area (Å²) in [6, 6.07) is 21.7. The van der Waals surface area contributed by atoms with E-state index in [9.17, 15) is 9.59 Å². The number of anilines is 1. The predicted molar refractivity (Wildman–Crippen MR) is 119 cm³/mol. The minimum atomic E-state index is -0.291. The van der Waals surface area contributed by atoms with E-state index in [0.29, 0.717) is 5.57 Å². The summed E-state index contributed by atoms with van der Waals surface area (Å²) in [5.41, 5.74) is 3.49. The van der Waals surface area contributed by atoms with E-state index in [1.807, 2.05) is 54.7 Å². The first kappa shape index (κ1) is 19.7. The Morgan fingerprint density at radius 1 is 1.00 bits per heavy atom. The molecule has 0 radical (unpaired) electrons. The quantitative estimate of drug-likeness (QED) is 0.629. The number of nitrogens with one attached hydrogen (secondary N) is 1. The van der Waals surface area contributed by atoms with Crippen LogP contribution in [0.15, 0.2) is 101 Å². The van der Waals surface area contributed by atoms with Gasteiger partial charge >= 0.3 is 0 Å². The smallest absolute Gasteiger partial charge is 0.278 e. The van der Waals surface area contributed by atoms with Crippen molar-refractivity contribution in [2.75, 3.05) is 4.90 Å². The Morgan fingerprint density at radius 3 is 2.33 bits per heavy atom. The van der Waals surface area contributed by atoms with Gasteiger partial charge < -0.3 is 4.90 Å². The number of benzene rings is 2. The van der Waals surface area contributed by atoms with E-state index < -0.39 is 0 Å². The fourth-order valence-corrected chi connectivity index (χ4v) is 3.77. The van der Waals surface area contributed by atoms with Gasteiger partial charge in [-0.15, -0.1) is 0 Å². The van der Waals surface area contributed by atoms with Gasteiger partial charge in [-0.2, -0.15) is 0 Å². The van der Waals surface area contributed by atoms with Crippen molar-refractivity contribution in [2.24, 2.45) is 0 Å². The molecule has 5 heteroatoms. The Bertz CT molecular complexity index is 1120. The molecule has 30 heavy (non-hydrogen) atoms. The van der Waals surface area contributed by atoms with Crippen LogP contribution in [0.2, 0.25) is 0 Å². The Hall–Kier alpha value is -3.60. The molecule has 1 aromatic heterocycles. The van der Waals surface area contributed by atoms with Gasteiger partial charge in [0, 0.05) is 24.2 Å². The number of carbonyl (C=O) groups is 1. The number of carbonyl (C=O) groups excluding carboxylic acids is 1. The Morgan fingerprint density at radius 2 is 1.70 bits per heavy atom. The van der Waals surface area contributed by atoms with Crippen molar-refractivity contribution in [3.63, 3.8) is 0 Å². The zero-order valence-corrected chi connectivity index (χ0v) is 17.0. The molecule has 0 fully saturated rings. The number of allylic oxidation sites excluding steroid dienone is 2. The van der Waals surface area contributed by atoms with Crippen molar-refractivity contribution in [3.05, 3.63) is 112 Å². The van der Waals surface area contributed by atoms with Gasteiger partial charge in [-0.1, -0.05) is 68.0 Å². The third-order valence-electron chi connectivity index (χ3n) is 5.32. The fraction of sp³-hybridized carbons (Fsp3) is 0.200. The highest BCUT2D eigenvalue weighted by molar-refractivity contribution is 6.00. The lowest BCUT2D eigenvalue weighted by Crippen LogP contribution is -2.29. The Labute approximate surface area is 176 Å². The van der Waals surface area contributed by atoms with Crippen LogP contribution in [0.4, 0.5) is 5.69 Å². The summed E-state index contributed by atoms with van der Waals surface area (Å²) in [7, 11) is 0. The molecule has 1 unspecified atom stereocenters. The average molecular weight is 399 g/mol. The summed E-state index contributed by atoms with van der Waals surface area (Å²) in [6.07, 6.45) is 8.44. The number of hydrogen-bond donors (Lipinski definition) is 1. The van der Waals surface area contributed by atoms with Crippen molar-refractivity contribution in [3.8, 4) is 0 Å². The molecule has 5 nitrogen and oxygen atoms in total. The van der Waals surface area contributed by atoms with Crippen LogP contribution in [0, 0.1) is 0 Å². The summed E-state index contributed by atoms with van der Waals surface area (Å²) >= 11 is 0. The van der Waals surface area contributed by atoms with Crippen molar-refractivity contribution in [2.45, 2.75) is 32.2 Å². The van der Waals surface area contributed by atoms with Gasteiger partial charge in [-0.3, -0.25) is 14.7 Å². The second kappa shape index (κ2) is 8.82. The molecule has 3 aromatic rings. The number of para-hydroxylation sites is 1. The van der Waals surface area contributed by atoms with Crippen LogP contribution in [0.25, 0.3) is 0 Å². The van der Waals surface area contributed by atoms with Crippen molar-refractivity contribution in [1.29, 1.82) is 0 Å². The molecule has 1 aliphatic rings. The number of nitrogens with zero attached hydrogens (tertiary/aromatic N) is 2. The molecule has 0 spiro atoms. The number of rotatable bonds is 6. The van der Waals surface area contributed by atoms with Crippen LogP contribution >= 0.6 is 0 Å². The van der Waals surface area contributed by atoms with Gasteiger partial charge in [-0.25, -0.2) is 4.68 Å². The van der Waals surface area contributed by atoms with E-state index in [-0.39, 0.29) is 17.5 Å². The highest BCUT2D eigenvalue weighted by Gasteiger charge is 2.28. The molecule has 2 heterocycles. The van der Waals surface area contributed by atoms with Crippen molar-refractivity contribution < 1.29 is 4.79 Å². The van der Waals surface area contributed by atoms with Crippen molar-refractivity contribution in [1.82, 2.24) is 9.78 Å². The summed E-state index contributed by atoms with van der Waals surface area (Å²) in [5.74, 6) is -0.230. The van der Waals surface area contributed by atoms with Crippen LogP contribution in [-0.2, 0) is 0 Å². The van der Waals surface area contributed by atoms with Gasteiger partial charge in [0.2, 0.25) is 0 Å². The van der Waals surface area contributed by atoms with Crippen LogP contribution in [0.1, 0.15) is 42.6 Å². The van der Waals surface area contributed by atoms with E-state index in [1.165, 1.54) is 16.9 Å². The van der Waals surface area contributed by atoms with Crippen LogP contribution in [0.5, 0.6) is 0 Å².